The number of unbranched alkanes of at least 4 members (excludes halogenated alkanes) is 18. The van der Waals surface area contributed by atoms with Crippen molar-refractivity contribution in [2.24, 2.45) is 0 Å². The van der Waals surface area contributed by atoms with Gasteiger partial charge in [0.05, 0.1) is 12.2 Å². The third-order valence-corrected chi connectivity index (χ3v) is 10.8. The van der Waals surface area contributed by atoms with Crippen molar-refractivity contribution in [1.82, 2.24) is 9.80 Å². The van der Waals surface area contributed by atoms with Crippen LogP contribution in [-0.2, 0) is 9.47 Å². The Morgan fingerprint density at radius 3 is 1.22 bits per heavy atom. The molecule has 0 aliphatic carbocycles. The van der Waals surface area contributed by atoms with Gasteiger partial charge in [-0.1, -0.05) is 140 Å². The molecular weight excluding hydrogens is 613 g/mol. The van der Waals surface area contributed by atoms with Crippen LogP contribution in [0.1, 0.15) is 181 Å². The molecule has 2 aliphatic rings. The van der Waals surface area contributed by atoms with E-state index in [2.05, 4.69) is 79.3 Å². The molecule has 4 heteroatoms. The van der Waals surface area contributed by atoms with Gasteiger partial charge < -0.3 is 14.4 Å². The van der Waals surface area contributed by atoms with Gasteiger partial charge in [-0.05, 0) is 110 Å². The minimum Gasteiger partial charge on any atom is -0.374 e. The second-order valence-electron chi connectivity index (χ2n) is 15.5. The first kappa shape index (κ1) is 45.0. The molecule has 0 unspecified atom stereocenters. The number of nitrogens with zero attached hydrogens (tertiary/aromatic N) is 2. The van der Waals surface area contributed by atoms with Crippen molar-refractivity contribution in [3.63, 3.8) is 0 Å². The maximum absolute atomic E-state index is 6.56. The Morgan fingerprint density at radius 1 is 0.460 bits per heavy atom. The Kier molecular flexibility index (Phi) is 30.2. The van der Waals surface area contributed by atoms with Gasteiger partial charge in [-0.2, -0.15) is 0 Å². The fourth-order valence-corrected chi connectivity index (χ4v) is 7.40. The molecule has 0 aromatic carbocycles. The summed E-state index contributed by atoms with van der Waals surface area (Å²) in [5.41, 5.74) is 0. The minimum absolute atomic E-state index is 0.247. The van der Waals surface area contributed by atoms with Crippen LogP contribution < -0.4 is 0 Å². The van der Waals surface area contributed by atoms with Gasteiger partial charge in [0, 0.05) is 32.3 Å². The predicted octanol–water partition coefficient (Wildman–Crippen LogP) is 12.8. The number of hydrogen-bond donors (Lipinski definition) is 0. The van der Waals surface area contributed by atoms with Crippen LogP contribution in [0.25, 0.3) is 0 Å². The molecule has 2 fully saturated rings. The molecule has 2 rings (SSSR count). The maximum atomic E-state index is 6.56. The van der Waals surface area contributed by atoms with E-state index < -0.39 is 0 Å². The molecule has 2 aliphatic heterocycles. The molecule has 2 heterocycles. The predicted molar refractivity (Wildman–Crippen MR) is 220 cm³/mol. The summed E-state index contributed by atoms with van der Waals surface area (Å²) < 4.78 is 13.1. The van der Waals surface area contributed by atoms with Gasteiger partial charge in [0.1, 0.15) is 0 Å². The van der Waals surface area contributed by atoms with Crippen LogP contribution in [0.15, 0.2) is 48.6 Å². The van der Waals surface area contributed by atoms with Gasteiger partial charge in [0.15, 0.2) is 0 Å². The van der Waals surface area contributed by atoms with E-state index in [9.17, 15) is 0 Å². The van der Waals surface area contributed by atoms with Gasteiger partial charge in [0.25, 0.3) is 0 Å². The number of piperidine rings is 1. The first-order chi connectivity index (χ1) is 24.7. The van der Waals surface area contributed by atoms with Gasteiger partial charge in [-0.25, -0.2) is 0 Å². The average Bonchev–Trinajstić information content (AvgIpc) is 3.53. The van der Waals surface area contributed by atoms with Gasteiger partial charge in [-0.15, -0.1) is 0 Å². The number of ether oxygens (including phenoxy) is 2. The Bertz CT molecular complexity index is 785. The quantitative estimate of drug-likeness (QED) is 0.0504. The van der Waals surface area contributed by atoms with Crippen molar-refractivity contribution in [2.45, 2.75) is 199 Å². The lowest BCUT2D eigenvalue weighted by molar-refractivity contribution is -0.0481. The average molecular weight is 697 g/mol. The van der Waals surface area contributed by atoms with Crippen molar-refractivity contribution in [2.75, 3.05) is 46.4 Å². The van der Waals surface area contributed by atoms with Crippen molar-refractivity contribution in [1.29, 1.82) is 0 Å². The summed E-state index contributed by atoms with van der Waals surface area (Å²) in [6.45, 7) is 10.9. The molecule has 0 saturated carbocycles. The van der Waals surface area contributed by atoms with E-state index in [1.54, 1.807) is 0 Å². The van der Waals surface area contributed by atoms with E-state index in [-0.39, 0.29) is 12.2 Å². The molecule has 0 aromatic rings. The highest BCUT2D eigenvalue weighted by molar-refractivity contribution is 4.94. The minimum atomic E-state index is 0.247. The Balaban J connectivity index is 1.51. The lowest BCUT2D eigenvalue weighted by atomic mass is 10.0. The second-order valence-corrected chi connectivity index (χ2v) is 15.5. The lowest BCUT2D eigenvalue weighted by Crippen LogP contribution is -2.43. The zero-order valence-electron chi connectivity index (χ0n) is 33.7. The van der Waals surface area contributed by atoms with E-state index >= 15 is 0 Å². The summed E-state index contributed by atoms with van der Waals surface area (Å²) in [6.07, 6.45) is 52.8. The standard InChI is InChI=1S/C46H84N2O2/c1-4-6-8-10-12-14-16-18-20-22-24-26-28-30-32-34-40-49-45-42-48(44-36-38-47(3)39-37-44)43-46(45)50-41-35-33-31-29-27-25-23-21-19-17-15-13-11-9-7-5-2/h12-15,18-21,44-46H,4-11,16-17,22-43H2,1-3H3/b14-12-,15-13-,20-18-,21-19-/t45-,46-/m1/s1. The molecule has 0 radical (unpaired) electrons. The summed E-state index contributed by atoms with van der Waals surface area (Å²) in [7, 11) is 2.26. The van der Waals surface area contributed by atoms with Crippen LogP contribution in [0, 0.1) is 0 Å². The largest absolute Gasteiger partial charge is 0.374 e. The highest BCUT2D eigenvalue weighted by atomic mass is 16.5. The Labute approximate surface area is 312 Å². The van der Waals surface area contributed by atoms with E-state index in [0.717, 1.165) is 39.1 Å². The molecule has 0 amide bonds. The summed E-state index contributed by atoms with van der Waals surface area (Å²) >= 11 is 0. The van der Waals surface area contributed by atoms with Crippen LogP contribution in [0.3, 0.4) is 0 Å². The summed E-state index contributed by atoms with van der Waals surface area (Å²) in [4.78, 5) is 5.19. The molecule has 290 valence electrons. The normalized spacial score (nSPS) is 19.9. The molecule has 4 nitrogen and oxygen atoms in total. The molecule has 0 N–H and O–H groups in total. The number of hydrogen-bond acceptors (Lipinski definition) is 4. The van der Waals surface area contributed by atoms with Crippen LogP contribution >= 0.6 is 0 Å². The van der Waals surface area contributed by atoms with Gasteiger partial charge in [0.2, 0.25) is 0 Å². The number of likely N-dealkylation sites (tertiary alicyclic amines) is 2. The van der Waals surface area contributed by atoms with Crippen LogP contribution in [0.2, 0.25) is 0 Å². The maximum Gasteiger partial charge on any atom is 0.0975 e. The monoisotopic (exact) mass is 697 g/mol. The molecule has 2 saturated heterocycles. The Hall–Kier alpha value is -1.20. The first-order valence-electron chi connectivity index (χ1n) is 22.0. The van der Waals surface area contributed by atoms with Crippen LogP contribution in [0.5, 0.6) is 0 Å². The van der Waals surface area contributed by atoms with Crippen molar-refractivity contribution < 1.29 is 9.47 Å². The molecule has 2 atom stereocenters. The highest BCUT2D eigenvalue weighted by Gasteiger charge is 2.38. The third-order valence-electron chi connectivity index (χ3n) is 10.8. The smallest absolute Gasteiger partial charge is 0.0975 e. The summed E-state index contributed by atoms with van der Waals surface area (Å²) in [5, 5.41) is 0. The van der Waals surface area contributed by atoms with E-state index in [4.69, 9.17) is 9.47 Å². The molecule has 0 spiro atoms. The zero-order valence-corrected chi connectivity index (χ0v) is 33.7. The molecule has 0 bridgehead atoms. The van der Waals surface area contributed by atoms with Crippen molar-refractivity contribution in [3.05, 3.63) is 48.6 Å². The van der Waals surface area contributed by atoms with Gasteiger partial charge in [-0.3, -0.25) is 4.90 Å². The molecule has 0 aromatic heterocycles. The third kappa shape index (κ3) is 24.9. The first-order valence-corrected chi connectivity index (χ1v) is 22.0. The van der Waals surface area contributed by atoms with Crippen molar-refractivity contribution >= 4 is 0 Å². The summed E-state index contributed by atoms with van der Waals surface area (Å²) in [5.74, 6) is 0. The fraction of sp³-hybridized carbons (Fsp3) is 0.826. The van der Waals surface area contributed by atoms with E-state index in [0.29, 0.717) is 6.04 Å². The highest BCUT2D eigenvalue weighted by Crippen LogP contribution is 2.25. The lowest BCUT2D eigenvalue weighted by Gasteiger charge is -2.35. The topological polar surface area (TPSA) is 24.9 Å². The second kappa shape index (κ2) is 33.6. The summed E-state index contributed by atoms with van der Waals surface area (Å²) in [6, 6.07) is 0.703. The van der Waals surface area contributed by atoms with Crippen molar-refractivity contribution in [3.8, 4) is 0 Å². The number of allylic oxidation sites excluding steroid dienone is 8. The van der Waals surface area contributed by atoms with Crippen LogP contribution in [0.4, 0.5) is 0 Å². The molecular formula is C46H84N2O2. The SMILES string of the molecule is CCCCC/C=C\C/C=C\CCCCCCCCO[C@@H]1CN(C2CCN(C)CC2)C[C@H]1OCCCCCCCC/C=C\C/C=C\CCCCC. The number of rotatable bonds is 33. The van der Waals surface area contributed by atoms with E-state index in [1.165, 1.54) is 167 Å². The van der Waals surface area contributed by atoms with E-state index in [1.807, 2.05) is 0 Å². The fourth-order valence-electron chi connectivity index (χ4n) is 7.40. The Morgan fingerprint density at radius 2 is 0.820 bits per heavy atom. The van der Waals surface area contributed by atoms with Gasteiger partial charge >= 0.3 is 0 Å². The zero-order chi connectivity index (χ0) is 35.6. The molecule has 50 heavy (non-hydrogen) atoms. The van der Waals surface area contributed by atoms with Crippen LogP contribution in [-0.4, -0.2) is 74.5 Å².